The van der Waals surface area contributed by atoms with Gasteiger partial charge >= 0.3 is 0 Å². The van der Waals surface area contributed by atoms with Crippen LogP contribution < -0.4 is 0 Å². The van der Waals surface area contributed by atoms with Crippen molar-refractivity contribution in [1.29, 1.82) is 0 Å². The standard InChI is InChI=1S/C19H29NO2.C10H14.C3H8/c1-6-8-14(3)17(7-2)13-15(4)19(22)20-11-9-18(10-12-20)16(5)21;1-3-4-10-7-5-9(2)6-8-10;1-3-2/h6,8,13,18H,7,9-12H2,1-5H3;5-8H,3-4H2,1-2H3;3H2,1-2H3/b8-6-,15-13+,17-14+;;. The molecule has 1 fully saturated rings. The smallest absolute Gasteiger partial charge is 0.249 e. The molecule has 2 rings (SSSR count). The number of rotatable bonds is 7. The third-order valence-corrected chi connectivity index (χ3v) is 6.05. The van der Waals surface area contributed by atoms with E-state index in [0.29, 0.717) is 13.1 Å². The van der Waals surface area contributed by atoms with E-state index in [-0.39, 0.29) is 17.6 Å². The number of likely N-dealkylation sites (tertiary alicyclic amines) is 1. The molecule has 1 aliphatic rings. The van der Waals surface area contributed by atoms with Gasteiger partial charge in [0.15, 0.2) is 0 Å². The molecule has 196 valence electrons. The van der Waals surface area contributed by atoms with E-state index in [9.17, 15) is 9.59 Å². The number of nitrogens with zero attached hydrogens (tertiary/aromatic N) is 1. The van der Waals surface area contributed by atoms with Crippen LogP contribution in [0.15, 0.2) is 59.2 Å². The molecule has 0 unspecified atom stereocenters. The fourth-order valence-corrected chi connectivity index (χ4v) is 3.96. The molecule has 1 aliphatic heterocycles. The average Bonchev–Trinajstić information content (AvgIpc) is 2.84. The summed E-state index contributed by atoms with van der Waals surface area (Å²) in [6, 6.07) is 8.76. The number of piperidine rings is 1. The Kier molecular flexibility index (Phi) is 17.5. The molecule has 0 bridgehead atoms. The Morgan fingerprint density at radius 2 is 1.51 bits per heavy atom. The Balaban J connectivity index is 0.000000733. The SMILES string of the molecule is CCC.CCCc1ccc(C)cc1.C\C=C/C(C)=C(/C=C(\C)C(=O)N1CCC(C(C)=O)CC1)CC. The van der Waals surface area contributed by atoms with Crippen molar-refractivity contribution in [3.8, 4) is 0 Å². The summed E-state index contributed by atoms with van der Waals surface area (Å²) in [7, 11) is 0. The van der Waals surface area contributed by atoms with Crippen LogP contribution in [-0.2, 0) is 16.0 Å². The number of ketones is 1. The van der Waals surface area contributed by atoms with Crippen LogP contribution >= 0.6 is 0 Å². The molecule has 0 spiro atoms. The van der Waals surface area contributed by atoms with Crippen LogP contribution in [0.1, 0.15) is 98.6 Å². The summed E-state index contributed by atoms with van der Waals surface area (Å²) < 4.78 is 0. The number of hydrogen-bond acceptors (Lipinski definition) is 2. The van der Waals surface area contributed by atoms with Gasteiger partial charge in [0.05, 0.1) is 0 Å². The fraction of sp³-hybridized carbons (Fsp3) is 0.562. The molecule has 1 aromatic carbocycles. The lowest BCUT2D eigenvalue weighted by molar-refractivity contribution is -0.131. The maximum absolute atomic E-state index is 12.5. The number of Topliss-reactive ketones (excluding diaryl/α,β-unsaturated/α-hetero) is 1. The van der Waals surface area contributed by atoms with Crippen molar-refractivity contribution in [2.45, 2.75) is 101 Å². The zero-order chi connectivity index (χ0) is 26.8. The zero-order valence-electron chi connectivity index (χ0n) is 24.0. The third kappa shape index (κ3) is 13.3. The minimum Gasteiger partial charge on any atom is -0.339 e. The highest BCUT2D eigenvalue weighted by Crippen LogP contribution is 2.21. The summed E-state index contributed by atoms with van der Waals surface area (Å²) in [6.07, 6.45) is 12.3. The number of amides is 1. The van der Waals surface area contributed by atoms with E-state index >= 15 is 0 Å². The average molecular weight is 482 g/mol. The van der Waals surface area contributed by atoms with Gasteiger partial charge in [-0.2, -0.15) is 0 Å². The maximum Gasteiger partial charge on any atom is 0.249 e. The molecule has 0 aliphatic carbocycles. The van der Waals surface area contributed by atoms with Crippen LogP contribution in [-0.4, -0.2) is 29.7 Å². The lowest BCUT2D eigenvalue weighted by Gasteiger charge is -2.31. The lowest BCUT2D eigenvalue weighted by Crippen LogP contribution is -2.40. The van der Waals surface area contributed by atoms with Crippen molar-refractivity contribution in [3.05, 3.63) is 70.3 Å². The largest absolute Gasteiger partial charge is 0.339 e. The van der Waals surface area contributed by atoms with E-state index in [1.165, 1.54) is 41.5 Å². The second-order valence-corrected chi connectivity index (χ2v) is 9.51. The normalized spacial score (nSPS) is 15.0. The summed E-state index contributed by atoms with van der Waals surface area (Å²) in [5, 5.41) is 0. The van der Waals surface area contributed by atoms with E-state index < -0.39 is 0 Å². The van der Waals surface area contributed by atoms with Gasteiger partial charge in [0, 0.05) is 24.6 Å². The van der Waals surface area contributed by atoms with Gasteiger partial charge in [0.2, 0.25) is 5.91 Å². The quantitative estimate of drug-likeness (QED) is 0.289. The number of aryl methyl sites for hydroxylation is 2. The van der Waals surface area contributed by atoms with Crippen LogP contribution in [0.25, 0.3) is 0 Å². The van der Waals surface area contributed by atoms with Crippen molar-refractivity contribution in [2.75, 3.05) is 13.1 Å². The Bertz CT molecular complexity index is 835. The Morgan fingerprint density at radius 1 is 0.971 bits per heavy atom. The molecule has 3 heteroatoms. The third-order valence-electron chi connectivity index (χ3n) is 6.05. The van der Waals surface area contributed by atoms with Crippen LogP contribution in [0, 0.1) is 12.8 Å². The van der Waals surface area contributed by atoms with Gasteiger partial charge in [-0.3, -0.25) is 9.59 Å². The van der Waals surface area contributed by atoms with Crippen LogP contribution in [0.2, 0.25) is 0 Å². The highest BCUT2D eigenvalue weighted by molar-refractivity contribution is 5.93. The molecular formula is C32H51NO2. The monoisotopic (exact) mass is 481 g/mol. The van der Waals surface area contributed by atoms with Crippen LogP contribution in [0.5, 0.6) is 0 Å². The maximum atomic E-state index is 12.5. The molecule has 0 atom stereocenters. The van der Waals surface area contributed by atoms with Crippen molar-refractivity contribution < 1.29 is 9.59 Å². The molecule has 1 saturated heterocycles. The molecule has 1 aromatic rings. The lowest BCUT2D eigenvalue weighted by atomic mass is 9.93. The molecule has 1 heterocycles. The van der Waals surface area contributed by atoms with E-state index in [4.69, 9.17) is 0 Å². The number of hydrogen-bond donors (Lipinski definition) is 0. The van der Waals surface area contributed by atoms with E-state index in [2.05, 4.69) is 71.9 Å². The van der Waals surface area contributed by atoms with Crippen molar-refractivity contribution in [1.82, 2.24) is 4.90 Å². The Hall–Kier alpha value is -2.42. The predicted octanol–water partition coefficient (Wildman–Crippen LogP) is 8.43. The molecule has 0 radical (unpaired) electrons. The van der Waals surface area contributed by atoms with Gasteiger partial charge in [0.25, 0.3) is 0 Å². The second-order valence-electron chi connectivity index (χ2n) is 9.51. The summed E-state index contributed by atoms with van der Waals surface area (Å²) in [5.41, 5.74) is 5.98. The molecule has 1 amide bonds. The summed E-state index contributed by atoms with van der Waals surface area (Å²) in [4.78, 5) is 25.8. The van der Waals surface area contributed by atoms with Crippen LogP contribution in [0.4, 0.5) is 0 Å². The van der Waals surface area contributed by atoms with Gasteiger partial charge < -0.3 is 4.90 Å². The molecule has 0 saturated carbocycles. The molecule has 0 aromatic heterocycles. The van der Waals surface area contributed by atoms with Crippen molar-refractivity contribution in [3.63, 3.8) is 0 Å². The molecule has 3 nitrogen and oxygen atoms in total. The van der Waals surface area contributed by atoms with E-state index in [1.807, 2.05) is 30.9 Å². The molecular weight excluding hydrogens is 430 g/mol. The topological polar surface area (TPSA) is 37.4 Å². The Labute approximate surface area is 216 Å². The number of benzene rings is 1. The van der Waals surface area contributed by atoms with Gasteiger partial charge in [-0.1, -0.05) is 88.6 Å². The van der Waals surface area contributed by atoms with Crippen molar-refractivity contribution >= 4 is 11.7 Å². The summed E-state index contributed by atoms with van der Waals surface area (Å²) >= 11 is 0. The van der Waals surface area contributed by atoms with E-state index in [0.717, 1.165) is 24.8 Å². The Morgan fingerprint density at radius 3 is 1.94 bits per heavy atom. The summed E-state index contributed by atoms with van der Waals surface area (Å²) in [5.74, 6) is 0.482. The highest BCUT2D eigenvalue weighted by atomic mass is 16.2. The molecule has 0 N–H and O–H groups in total. The first kappa shape index (κ1) is 32.6. The van der Waals surface area contributed by atoms with Crippen LogP contribution in [0.3, 0.4) is 0 Å². The minimum absolute atomic E-state index is 0.0984. The zero-order valence-corrected chi connectivity index (χ0v) is 24.0. The highest BCUT2D eigenvalue weighted by Gasteiger charge is 2.25. The minimum atomic E-state index is 0.0984. The van der Waals surface area contributed by atoms with Gasteiger partial charge in [-0.25, -0.2) is 0 Å². The second kappa shape index (κ2) is 18.9. The first-order valence-electron chi connectivity index (χ1n) is 13.5. The fourth-order valence-electron chi connectivity index (χ4n) is 3.96. The van der Waals surface area contributed by atoms with E-state index in [1.54, 1.807) is 6.92 Å². The predicted molar refractivity (Wildman–Crippen MR) is 153 cm³/mol. The number of allylic oxidation sites excluding steroid dienone is 5. The first-order valence-corrected chi connectivity index (χ1v) is 13.5. The van der Waals surface area contributed by atoms with Gasteiger partial charge in [-0.05, 0) is 77.0 Å². The number of carbonyl (C=O) groups excluding carboxylic acids is 2. The summed E-state index contributed by atoms with van der Waals surface area (Å²) in [6.45, 7) is 19.7. The first-order chi connectivity index (χ1) is 16.6. The van der Waals surface area contributed by atoms with Gasteiger partial charge in [-0.15, -0.1) is 0 Å². The number of carbonyl (C=O) groups is 2. The van der Waals surface area contributed by atoms with Crippen molar-refractivity contribution in [2.24, 2.45) is 5.92 Å². The van der Waals surface area contributed by atoms with Gasteiger partial charge in [0.1, 0.15) is 5.78 Å². The molecule has 35 heavy (non-hydrogen) atoms.